The summed E-state index contributed by atoms with van der Waals surface area (Å²) in [5.74, 6) is 0. The van der Waals surface area contributed by atoms with Gasteiger partial charge in [-0.05, 0) is 18.2 Å². The Kier molecular flexibility index (Phi) is 4.63. The molecule has 1 aromatic carbocycles. The summed E-state index contributed by atoms with van der Waals surface area (Å²) in [4.78, 5) is -0.329. The van der Waals surface area contributed by atoms with Crippen molar-refractivity contribution in [3.05, 3.63) is 28.2 Å². The highest BCUT2D eigenvalue weighted by Crippen LogP contribution is 2.34. The Bertz CT molecular complexity index is 493. The van der Waals surface area contributed by atoms with Gasteiger partial charge in [0, 0.05) is 5.02 Å². The molecule has 0 bridgehead atoms. The average Bonchev–Trinajstić information content (AvgIpc) is 1.97. The monoisotopic (exact) mass is 342 g/mol. The van der Waals surface area contributed by atoms with Gasteiger partial charge in [0.25, 0.3) is 0 Å². The summed E-state index contributed by atoms with van der Waals surface area (Å²) in [6, 6.07) is 3.70. The molecule has 1 rings (SSSR count). The van der Waals surface area contributed by atoms with E-state index in [9.17, 15) is 8.42 Å². The van der Waals surface area contributed by atoms with Crippen LogP contribution < -0.4 is 0 Å². The Morgan fingerprint density at radius 1 is 1.12 bits per heavy atom. The maximum absolute atomic E-state index is 11.6. The third-order valence-electron chi connectivity index (χ3n) is 1.37. The van der Waals surface area contributed by atoms with Crippen LogP contribution in [0.4, 0.5) is 0 Å². The van der Waals surface area contributed by atoms with Gasteiger partial charge in [0.05, 0.1) is 5.02 Å². The summed E-state index contributed by atoms with van der Waals surface area (Å²) in [6.45, 7) is 0. The lowest BCUT2D eigenvalue weighted by Gasteiger charge is -2.12. The van der Waals surface area contributed by atoms with E-state index in [4.69, 9.17) is 58.0 Å². The van der Waals surface area contributed by atoms with Gasteiger partial charge >= 0.3 is 14.1 Å². The fourth-order valence-electron chi connectivity index (χ4n) is 0.847. The van der Waals surface area contributed by atoms with E-state index in [0.717, 1.165) is 6.07 Å². The van der Waals surface area contributed by atoms with Crippen molar-refractivity contribution in [1.82, 2.24) is 0 Å². The predicted molar refractivity (Wildman–Crippen MR) is 65.0 cm³/mol. The maximum atomic E-state index is 11.6. The fraction of sp³-hybridized carbons (Fsp3) is 0.143. The van der Waals surface area contributed by atoms with E-state index in [1.54, 1.807) is 0 Å². The van der Waals surface area contributed by atoms with Crippen LogP contribution in [-0.4, -0.2) is 12.4 Å². The summed E-state index contributed by atoms with van der Waals surface area (Å²) in [5, 5.41) is 0.152. The number of hydrogen-bond donors (Lipinski definition) is 0. The van der Waals surface area contributed by atoms with Crippen molar-refractivity contribution in [1.29, 1.82) is 0 Å². The van der Waals surface area contributed by atoms with Crippen LogP contribution in [0.1, 0.15) is 0 Å². The second kappa shape index (κ2) is 5.06. The van der Waals surface area contributed by atoms with Crippen molar-refractivity contribution in [3.63, 3.8) is 0 Å². The molecule has 1 aromatic rings. The zero-order valence-electron chi connectivity index (χ0n) is 7.25. The minimum Gasteiger partial charge on any atom is -0.212 e. The molecule has 0 radical (unpaired) electrons. The molecule has 0 aliphatic heterocycles. The van der Waals surface area contributed by atoms with E-state index < -0.39 is 14.1 Å². The Morgan fingerprint density at radius 2 is 1.69 bits per heavy atom. The predicted octanol–water partition coefficient (Wildman–Crippen LogP) is 4.03. The lowest BCUT2D eigenvalue weighted by Crippen LogP contribution is -2.17. The number of alkyl halides is 3. The molecule has 0 spiro atoms. The first-order valence-corrected chi connectivity index (χ1v) is 6.89. The third kappa shape index (κ3) is 4.11. The normalized spacial score (nSPS) is 12.8. The van der Waals surface area contributed by atoms with Gasteiger partial charge in [0.1, 0.15) is 4.90 Å². The van der Waals surface area contributed by atoms with Crippen LogP contribution >= 0.6 is 58.0 Å². The van der Waals surface area contributed by atoms with Gasteiger partial charge in [-0.1, -0.05) is 58.0 Å². The van der Waals surface area contributed by atoms with E-state index in [-0.39, 0.29) is 14.9 Å². The zero-order chi connectivity index (χ0) is 12.6. The number of rotatable bonds is 2. The molecule has 0 heterocycles. The fourth-order valence-corrected chi connectivity index (χ4v) is 3.16. The Balaban J connectivity index is 3.18. The van der Waals surface area contributed by atoms with Crippen LogP contribution in [0.2, 0.25) is 10.0 Å². The second-order valence-electron chi connectivity index (χ2n) is 2.56. The van der Waals surface area contributed by atoms with Gasteiger partial charge in [0.2, 0.25) is 0 Å². The van der Waals surface area contributed by atoms with Crippen molar-refractivity contribution in [2.24, 2.45) is 0 Å². The van der Waals surface area contributed by atoms with E-state index >= 15 is 0 Å². The molecule has 3 nitrogen and oxygen atoms in total. The topological polar surface area (TPSA) is 43.4 Å². The number of benzene rings is 1. The summed E-state index contributed by atoms with van der Waals surface area (Å²) in [6.07, 6.45) is 0. The highest BCUT2D eigenvalue weighted by molar-refractivity contribution is 7.87. The molecular weight excluding hydrogens is 341 g/mol. The smallest absolute Gasteiger partial charge is 0.212 e. The lowest BCUT2D eigenvalue weighted by molar-refractivity contribution is 0.321. The van der Waals surface area contributed by atoms with Crippen LogP contribution in [0.3, 0.4) is 0 Å². The molecule has 0 atom stereocenters. The molecule has 0 N–H and O–H groups in total. The van der Waals surface area contributed by atoms with Gasteiger partial charge in [-0.2, -0.15) is 8.42 Å². The van der Waals surface area contributed by atoms with Crippen molar-refractivity contribution < 1.29 is 12.6 Å². The standard InChI is InChI=1S/C7H3Cl5O3S/c8-4-1-2-6(5(9)3-4)16(13,14)15-7(10,11)12/h1-3H. The third-order valence-corrected chi connectivity index (χ3v) is 3.90. The highest BCUT2D eigenvalue weighted by Gasteiger charge is 2.31. The highest BCUT2D eigenvalue weighted by atomic mass is 35.6. The maximum Gasteiger partial charge on any atom is 0.312 e. The van der Waals surface area contributed by atoms with Crippen LogP contribution in [0, 0.1) is 0 Å². The van der Waals surface area contributed by atoms with Crippen molar-refractivity contribution in [2.75, 3.05) is 0 Å². The molecule has 0 saturated heterocycles. The van der Waals surface area contributed by atoms with Crippen LogP contribution in [0.15, 0.2) is 23.1 Å². The average molecular weight is 344 g/mol. The molecule has 0 aromatic heterocycles. The zero-order valence-corrected chi connectivity index (χ0v) is 11.9. The van der Waals surface area contributed by atoms with Crippen LogP contribution in [0.5, 0.6) is 0 Å². The second-order valence-corrected chi connectivity index (χ2v) is 7.09. The molecule has 9 heteroatoms. The molecule has 16 heavy (non-hydrogen) atoms. The largest absolute Gasteiger partial charge is 0.312 e. The molecule has 0 fully saturated rings. The summed E-state index contributed by atoms with van der Waals surface area (Å²) in [5.41, 5.74) is 0. The Labute approximate surface area is 117 Å². The van der Waals surface area contributed by atoms with Gasteiger partial charge in [-0.25, -0.2) is 4.18 Å². The molecule has 0 unspecified atom stereocenters. The minimum absolute atomic E-state index is 0.123. The van der Waals surface area contributed by atoms with Gasteiger partial charge in [0.15, 0.2) is 0 Å². The summed E-state index contributed by atoms with van der Waals surface area (Å²) in [7, 11) is -4.25. The molecule has 0 amide bonds. The van der Waals surface area contributed by atoms with E-state index in [1.807, 2.05) is 0 Å². The van der Waals surface area contributed by atoms with Crippen molar-refractivity contribution >= 4 is 68.1 Å². The SMILES string of the molecule is O=S(=O)(OC(Cl)(Cl)Cl)c1ccc(Cl)cc1Cl. The first kappa shape index (κ1) is 14.6. The van der Waals surface area contributed by atoms with Gasteiger partial charge in [-0.15, -0.1) is 0 Å². The van der Waals surface area contributed by atoms with E-state index in [2.05, 4.69) is 4.18 Å². The van der Waals surface area contributed by atoms with Gasteiger partial charge < -0.3 is 0 Å². The van der Waals surface area contributed by atoms with Crippen molar-refractivity contribution in [3.8, 4) is 0 Å². The molecular formula is C7H3Cl5O3S. The summed E-state index contributed by atoms with van der Waals surface area (Å²) < 4.78 is 25.0. The van der Waals surface area contributed by atoms with Gasteiger partial charge in [-0.3, -0.25) is 0 Å². The van der Waals surface area contributed by atoms with Crippen LogP contribution in [-0.2, 0) is 14.3 Å². The number of hydrogen-bond acceptors (Lipinski definition) is 3. The van der Waals surface area contributed by atoms with Crippen molar-refractivity contribution in [2.45, 2.75) is 8.87 Å². The Hall–Kier alpha value is 0.580. The van der Waals surface area contributed by atoms with E-state index in [1.165, 1.54) is 12.1 Å². The first-order chi connectivity index (χ1) is 7.12. The van der Waals surface area contributed by atoms with E-state index in [0.29, 0.717) is 0 Å². The summed E-state index contributed by atoms with van der Waals surface area (Å²) >= 11 is 26.9. The molecule has 0 aliphatic rings. The minimum atomic E-state index is -4.25. The Morgan fingerprint density at radius 3 is 2.12 bits per heavy atom. The van der Waals surface area contributed by atoms with Crippen LogP contribution in [0.25, 0.3) is 0 Å². The molecule has 0 aliphatic carbocycles. The lowest BCUT2D eigenvalue weighted by atomic mass is 10.4. The molecule has 90 valence electrons. The number of halogens is 5. The molecule has 0 saturated carbocycles. The quantitative estimate of drug-likeness (QED) is 0.601. The first-order valence-electron chi connectivity index (χ1n) is 3.59.